The molecular weight excluding hydrogens is 236 g/mol. The maximum atomic E-state index is 11.9. The molecule has 0 bridgehead atoms. The lowest BCUT2D eigenvalue weighted by molar-refractivity contribution is -0.152. The van der Waals surface area contributed by atoms with E-state index in [9.17, 15) is 14.4 Å². The zero-order valence-corrected chi connectivity index (χ0v) is 11.1. The van der Waals surface area contributed by atoms with Crippen molar-refractivity contribution in [1.29, 1.82) is 0 Å². The van der Waals surface area contributed by atoms with Crippen LogP contribution in [-0.4, -0.2) is 86.3 Å². The average Bonchev–Trinajstić information content (AvgIpc) is 2.37. The van der Waals surface area contributed by atoms with Gasteiger partial charge in [-0.3, -0.25) is 14.4 Å². The van der Waals surface area contributed by atoms with Gasteiger partial charge in [-0.25, -0.2) is 0 Å². The minimum Gasteiger partial charge on any atom is -0.347 e. The Balaban J connectivity index is 2.52. The van der Waals surface area contributed by atoms with Crippen molar-refractivity contribution in [3.8, 4) is 0 Å². The summed E-state index contributed by atoms with van der Waals surface area (Å²) in [6.07, 6.45) is 0. The molecule has 18 heavy (non-hydrogen) atoms. The minimum absolute atomic E-state index is 0.0797. The highest BCUT2D eigenvalue weighted by atomic mass is 16.2. The quantitative estimate of drug-likeness (QED) is 0.578. The standard InChI is InChI=1S/C11H20N4O3/c1-13(2)9(16)8-14(3)10(17)11(18)15-6-4-12-5-7-15/h12H,4-8H2,1-3H3. The van der Waals surface area contributed by atoms with Crippen LogP contribution in [0.5, 0.6) is 0 Å². The summed E-state index contributed by atoms with van der Waals surface area (Å²) in [4.78, 5) is 39.2. The molecule has 1 saturated heterocycles. The molecule has 0 aromatic rings. The Morgan fingerprint density at radius 1 is 1.11 bits per heavy atom. The molecule has 0 aromatic carbocycles. The predicted molar refractivity (Wildman–Crippen MR) is 65.8 cm³/mol. The van der Waals surface area contributed by atoms with Gasteiger partial charge in [0.25, 0.3) is 0 Å². The number of likely N-dealkylation sites (N-methyl/N-ethyl adjacent to an activating group) is 2. The van der Waals surface area contributed by atoms with Gasteiger partial charge in [0.15, 0.2) is 0 Å². The molecule has 102 valence electrons. The lowest BCUT2D eigenvalue weighted by atomic mass is 10.3. The van der Waals surface area contributed by atoms with E-state index in [0.717, 1.165) is 4.90 Å². The van der Waals surface area contributed by atoms with E-state index in [2.05, 4.69) is 5.32 Å². The second-order valence-corrected chi connectivity index (χ2v) is 4.49. The minimum atomic E-state index is -0.632. The summed E-state index contributed by atoms with van der Waals surface area (Å²) in [6, 6.07) is 0. The molecule has 0 aromatic heterocycles. The van der Waals surface area contributed by atoms with Gasteiger partial charge in [0.05, 0.1) is 6.54 Å². The van der Waals surface area contributed by atoms with Crippen molar-refractivity contribution in [3.63, 3.8) is 0 Å². The number of hydrogen-bond acceptors (Lipinski definition) is 4. The monoisotopic (exact) mass is 256 g/mol. The Morgan fingerprint density at radius 3 is 2.17 bits per heavy atom. The van der Waals surface area contributed by atoms with Crippen molar-refractivity contribution in [1.82, 2.24) is 20.0 Å². The molecule has 1 aliphatic heterocycles. The third-order valence-corrected chi connectivity index (χ3v) is 2.81. The van der Waals surface area contributed by atoms with Gasteiger partial charge in [0.1, 0.15) is 0 Å². The van der Waals surface area contributed by atoms with E-state index < -0.39 is 11.8 Å². The van der Waals surface area contributed by atoms with E-state index >= 15 is 0 Å². The van der Waals surface area contributed by atoms with Crippen LogP contribution in [0.1, 0.15) is 0 Å². The zero-order valence-electron chi connectivity index (χ0n) is 11.1. The van der Waals surface area contributed by atoms with E-state index in [1.165, 1.54) is 16.8 Å². The lowest BCUT2D eigenvalue weighted by Crippen LogP contribution is -2.52. The second-order valence-electron chi connectivity index (χ2n) is 4.49. The van der Waals surface area contributed by atoms with Gasteiger partial charge in [-0.05, 0) is 0 Å². The second kappa shape index (κ2) is 6.34. The fourth-order valence-corrected chi connectivity index (χ4v) is 1.58. The number of hydrogen-bond donors (Lipinski definition) is 1. The van der Waals surface area contributed by atoms with Gasteiger partial charge >= 0.3 is 11.8 Å². The van der Waals surface area contributed by atoms with E-state index in [4.69, 9.17) is 0 Å². The van der Waals surface area contributed by atoms with Crippen molar-refractivity contribution in [2.45, 2.75) is 0 Å². The van der Waals surface area contributed by atoms with Crippen LogP contribution < -0.4 is 5.32 Å². The highest BCUT2D eigenvalue weighted by Crippen LogP contribution is 1.97. The molecule has 7 heteroatoms. The van der Waals surface area contributed by atoms with Crippen LogP contribution in [0.15, 0.2) is 0 Å². The van der Waals surface area contributed by atoms with Gasteiger partial charge in [0.2, 0.25) is 5.91 Å². The molecule has 7 nitrogen and oxygen atoms in total. The first kappa shape index (κ1) is 14.4. The lowest BCUT2D eigenvalue weighted by Gasteiger charge is -2.28. The first-order chi connectivity index (χ1) is 8.43. The predicted octanol–water partition coefficient (Wildman–Crippen LogP) is -2.04. The normalized spacial score (nSPS) is 15.2. The zero-order chi connectivity index (χ0) is 13.7. The molecular formula is C11H20N4O3. The number of amides is 3. The molecule has 0 saturated carbocycles. The Morgan fingerprint density at radius 2 is 1.67 bits per heavy atom. The first-order valence-electron chi connectivity index (χ1n) is 5.88. The van der Waals surface area contributed by atoms with Crippen molar-refractivity contribution >= 4 is 17.7 Å². The summed E-state index contributed by atoms with van der Waals surface area (Å²) >= 11 is 0. The van der Waals surface area contributed by atoms with E-state index in [0.29, 0.717) is 26.2 Å². The van der Waals surface area contributed by atoms with Crippen molar-refractivity contribution < 1.29 is 14.4 Å². The number of carbonyl (C=O) groups excluding carboxylic acids is 3. The number of rotatable bonds is 2. The van der Waals surface area contributed by atoms with Crippen LogP contribution in [0.3, 0.4) is 0 Å². The highest BCUT2D eigenvalue weighted by Gasteiger charge is 2.27. The van der Waals surface area contributed by atoms with Crippen LogP contribution in [0, 0.1) is 0 Å². The van der Waals surface area contributed by atoms with Gasteiger partial charge < -0.3 is 20.0 Å². The molecule has 0 spiro atoms. The number of nitrogens with one attached hydrogen (secondary N) is 1. The number of nitrogens with zero attached hydrogens (tertiary/aromatic N) is 3. The highest BCUT2D eigenvalue weighted by molar-refractivity contribution is 6.35. The van der Waals surface area contributed by atoms with E-state index in [1.807, 2.05) is 0 Å². The molecule has 0 unspecified atom stereocenters. The molecule has 3 amide bonds. The van der Waals surface area contributed by atoms with Gasteiger partial charge in [-0.15, -0.1) is 0 Å². The third-order valence-electron chi connectivity index (χ3n) is 2.81. The Bertz CT molecular complexity index is 337. The van der Waals surface area contributed by atoms with Crippen molar-refractivity contribution in [3.05, 3.63) is 0 Å². The molecule has 1 heterocycles. The smallest absolute Gasteiger partial charge is 0.312 e. The van der Waals surface area contributed by atoms with Crippen LogP contribution in [-0.2, 0) is 14.4 Å². The molecule has 1 N–H and O–H groups in total. The number of carbonyl (C=O) groups is 3. The summed E-state index contributed by atoms with van der Waals surface area (Å²) in [7, 11) is 4.68. The van der Waals surface area contributed by atoms with E-state index in [1.54, 1.807) is 14.1 Å². The number of piperazine rings is 1. The Labute approximate surface area is 107 Å². The molecule has 1 rings (SSSR count). The van der Waals surface area contributed by atoms with Crippen molar-refractivity contribution in [2.24, 2.45) is 0 Å². The van der Waals surface area contributed by atoms with E-state index in [-0.39, 0.29) is 12.5 Å². The molecule has 1 fully saturated rings. The van der Waals surface area contributed by atoms with Gasteiger partial charge in [-0.2, -0.15) is 0 Å². The van der Waals surface area contributed by atoms with Crippen molar-refractivity contribution in [2.75, 3.05) is 53.9 Å². The Hall–Kier alpha value is -1.63. The fourth-order valence-electron chi connectivity index (χ4n) is 1.58. The van der Waals surface area contributed by atoms with Crippen LogP contribution >= 0.6 is 0 Å². The molecule has 0 radical (unpaired) electrons. The van der Waals surface area contributed by atoms with Gasteiger partial charge in [-0.1, -0.05) is 0 Å². The molecule has 0 atom stereocenters. The summed E-state index contributed by atoms with van der Waals surface area (Å²) in [6.45, 7) is 2.36. The summed E-state index contributed by atoms with van der Waals surface area (Å²) in [5, 5.41) is 3.11. The fraction of sp³-hybridized carbons (Fsp3) is 0.727. The summed E-state index contributed by atoms with van der Waals surface area (Å²) in [5.41, 5.74) is 0. The largest absolute Gasteiger partial charge is 0.347 e. The van der Waals surface area contributed by atoms with Crippen LogP contribution in [0.2, 0.25) is 0 Å². The molecule has 0 aliphatic carbocycles. The first-order valence-corrected chi connectivity index (χ1v) is 5.88. The third kappa shape index (κ3) is 3.69. The average molecular weight is 256 g/mol. The summed E-state index contributed by atoms with van der Waals surface area (Å²) in [5.74, 6) is -1.38. The maximum absolute atomic E-state index is 11.9. The SMILES string of the molecule is CN(C)C(=O)CN(C)C(=O)C(=O)N1CCNCC1. The molecule has 1 aliphatic rings. The topological polar surface area (TPSA) is 73.0 Å². The maximum Gasteiger partial charge on any atom is 0.312 e. The summed E-state index contributed by atoms with van der Waals surface area (Å²) < 4.78 is 0. The van der Waals surface area contributed by atoms with Crippen LogP contribution in [0.4, 0.5) is 0 Å². The van der Waals surface area contributed by atoms with Crippen LogP contribution in [0.25, 0.3) is 0 Å². The Kier molecular flexibility index (Phi) is 5.08. The van der Waals surface area contributed by atoms with Gasteiger partial charge in [0, 0.05) is 47.3 Å².